The molecule has 5 nitrogen and oxygen atoms in total. The number of carbonyl (C=O) groups excluding carboxylic acids is 1. The smallest absolute Gasteiger partial charge is 0.222 e. The predicted molar refractivity (Wildman–Crippen MR) is 86.9 cm³/mol. The first-order valence-corrected chi connectivity index (χ1v) is 7.23. The van der Waals surface area contributed by atoms with E-state index >= 15 is 0 Å². The molecule has 1 amide bonds. The lowest BCUT2D eigenvalue weighted by atomic mass is 10.2. The molecule has 0 saturated carbocycles. The molecule has 0 atom stereocenters. The summed E-state index contributed by atoms with van der Waals surface area (Å²) in [6.07, 6.45) is 3.86. The van der Waals surface area contributed by atoms with E-state index in [4.69, 9.17) is 4.74 Å². The van der Waals surface area contributed by atoms with Crippen molar-refractivity contribution < 1.29 is 9.53 Å². The van der Waals surface area contributed by atoms with Crippen LogP contribution in [0.15, 0.2) is 42.7 Å². The number of carbonyl (C=O) groups is 1. The third kappa shape index (κ3) is 4.77. The lowest BCUT2D eigenvalue weighted by Gasteiger charge is -2.12. The van der Waals surface area contributed by atoms with Gasteiger partial charge >= 0.3 is 0 Å². The van der Waals surface area contributed by atoms with Crippen LogP contribution in [0.4, 0.5) is 5.69 Å². The van der Waals surface area contributed by atoms with Crippen molar-refractivity contribution in [3.63, 3.8) is 0 Å². The molecule has 2 rings (SSSR count). The number of hydrogen-bond acceptors (Lipinski definition) is 4. The summed E-state index contributed by atoms with van der Waals surface area (Å²) in [6, 6.07) is 9.70. The minimum absolute atomic E-state index is 0.00275. The van der Waals surface area contributed by atoms with Gasteiger partial charge in [-0.1, -0.05) is 12.1 Å². The van der Waals surface area contributed by atoms with E-state index in [-0.39, 0.29) is 5.91 Å². The average Bonchev–Trinajstić information content (AvgIpc) is 2.54. The van der Waals surface area contributed by atoms with Gasteiger partial charge in [0, 0.05) is 31.9 Å². The van der Waals surface area contributed by atoms with Gasteiger partial charge in [0.25, 0.3) is 0 Å². The zero-order chi connectivity index (χ0) is 15.8. The van der Waals surface area contributed by atoms with Crippen molar-refractivity contribution in [2.75, 3.05) is 19.0 Å². The zero-order valence-electron chi connectivity index (χ0n) is 12.9. The lowest BCUT2D eigenvalue weighted by molar-refractivity contribution is -0.121. The molecule has 0 unspecified atom stereocenters. The van der Waals surface area contributed by atoms with Gasteiger partial charge in [-0.15, -0.1) is 0 Å². The Bertz CT molecular complexity index is 615. The van der Waals surface area contributed by atoms with E-state index in [9.17, 15) is 4.79 Å². The Hall–Kier alpha value is -2.56. The maximum atomic E-state index is 11.8. The summed E-state index contributed by atoms with van der Waals surface area (Å²) in [5.74, 6) is 0.782. The molecule has 2 N–H and O–H groups in total. The lowest BCUT2D eigenvalue weighted by Crippen LogP contribution is -2.25. The SMILES string of the molecule is COc1ccc(C)cc1NCCC(=O)NCc1cccnc1. The van der Waals surface area contributed by atoms with Crippen molar-refractivity contribution >= 4 is 11.6 Å². The summed E-state index contributed by atoms with van der Waals surface area (Å²) >= 11 is 0. The molecule has 0 saturated heterocycles. The molecule has 1 aromatic heterocycles. The molecular weight excluding hydrogens is 278 g/mol. The Labute approximate surface area is 130 Å². The van der Waals surface area contributed by atoms with Gasteiger partial charge in [0.2, 0.25) is 5.91 Å². The molecule has 116 valence electrons. The first kappa shape index (κ1) is 15.8. The number of nitrogens with zero attached hydrogens (tertiary/aromatic N) is 1. The van der Waals surface area contributed by atoms with Crippen molar-refractivity contribution in [3.05, 3.63) is 53.9 Å². The Morgan fingerprint density at radius 1 is 1.32 bits per heavy atom. The van der Waals surface area contributed by atoms with Crippen molar-refractivity contribution in [2.24, 2.45) is 0 Å². The molecule has 22 heavy (non-hydrogen) atoms. The highest BCUT2D eigenvalue weighted by atomic mass is 16.5. The first-order chi connectivity index (χ1) is 10.7. The maximum absolute atomic E-state index is 11.8. The van der Waals surface area contributed by atoms with E-state index < -0.39 is 0 Å². The topological polar surface area (TPSA) is 63.2 Å². The third-order valence-electron chi connectivity index (χ3n) is 3.23. The second-order valence-corrected chi connectivity index (χ2v) is 5.02. The van der Waals surface area contributed by atoms with Gasteiger partial charge in [-0.25, -0.2) is 0 Å². The molecule has 0 aliphatic rings. The van der Waals surface area contributed by atoms with E-state index in [1.165, 1.54) is 0 Å². The fourth-order valence-electron chi connectivity index (χ4n) is 2.06. The molecule has 0 bridgehead atoms. The second kappa shape index (κ2) is 8.02. The van der Waals surface area contributed by atoms with Gasteiger partial charge < -0.3 is 15.4 Å². The highest BCUT2D eigenvalue weighted by Gasteiger charge is 2.05. The summed E-state index contributed by atoms with van der Waals surface area (Å²) in [6.45, 7) is 3.07. The van der Waals surface area contributed by atoms with Gasteiger partial charge in [-0.3, -0.25) is 9.78 Å². The Morgan fingerprint density at radius 3 is 2.91 bits per heavy atom. The Kier molecular flexibility index (Phi) is 5.77. The number of hydrogen-bond donors (Lipinski definition) is 2. The van der Waals surface area contributed by atoms with Gasteiger partial charge in [0.1, 0.15) is 5.75 Å². The van der Waals surface area contributed by atoms with Crippen LogP contribution in [0.2, 0.25) is 0 Å². The summed E-state index contributed by atoms with van der Waals surface area (Å²) in [4.78, 5) is 15.8. The number of aromatic nitrogens is 1. The largest absolute Gasteiger partial charge is 0.495 e. The molecule has 0 fully saturated rings. The van der Waals surface area contributed by atoms with Crippen molar-refractivity contribution in [2.45, 2.75) is 19.9 Å². The second-order valence-electron chi connectivity index (χ2n) is 5.02. The minimum atomic E-state index is 0.00275. The average molecular weight is 299 g/mol. The molecule has 0 spiro atoms. The number of benzene rings is 1. The van der Waals surface area contributed by atoms with Crippen LogP contribution in [0.25, 0.3) is 0 Å². The number of methoxy groups -OCH3 is 1. The molecule has 1 heterocycles. The Balaban J connectivity index is 1.76. The first-order valence-electron chi connectivity index (χ1n) is 7.23. The molecule has 2 aromatic rings. The number of nitrogens with one attached hydrogen (secondary N) is 2. The van der Waals surface area contributed by atoms with E-state index in [0.29, 0.717) is 19.5 Å². The van der Waals surface area contributed by atoms with E-state index in [1.54, 1.807) is 19.5 Å². The van der Waals surface area contributed by atoms with Gasteiger partial charge in [-0.05, 0) is 36.2 Å². The molecule has 1 aromatic carbocycles. The van der Waals surface area contributed by atoms with Crippen LogP contribution in [0.1, 0.15) is 17.5 Å². The summed E-state index contributed by atoms with van der Waals surface area (Å²) < 4.78 is 5.29. The summed E-state index contributed by atoms with van der Waals surface area (Å²) in [5, 5.41) is 6.11. The monoisotopic (exact) mass is 299 g/mol. The maximum Gasteiger partial charge on any atom is 0.222 e. The number of anilines is 1. The number of ether oxygens (including phenoxy) is 1. The van der Waals surface area contributed by atoms with Crippen LogP contribution < -0.4 is 15.4 Å². The van der Waals surface area contributed by atoms with E-state index in [1.807, 2.05) is 37.3 Å². The van der Waals surface area contributed by atoms with Crippen molar-refractivity contribution in [1.82, 2.24) is 10.3 Å². The number of amides is 1. The molecule has 0 radical (unpaired) electrons. The fraction of sp³-hybridized carbons (Fsp3) is 0.294. The highest BCUT2D eigenvalue weighted by Crippen LogP contribution is 2.24. The number of pyridine rings is 1. The van der Waals surface area contributed by atoms with Crippen molar-refractivity contribution in [1.29, 1.82) is 0 Å². The van der Waals surface area contributed by atoms with E-state index in [0.717, 1.165) is 22.6 Å². The summed E-state index contributed by atoms with van der Waals surface area (Å²) in [7, 11) is 1.64. The highest BCUT2D eigenvalue weighted by molar-refractivity contribution is 5.76. The van der Waals surface area contributed by atoms with Crippen LogP contribution in [0, 0.1) is 6.92 Å². The number of rotatable bonds is 7. The summed E-state index contributed by atoms with van der Waals surface area (Å²) in [5.41, 5.74) is 3.04. The van der Waals surface area contributed by atoms with Gasteiger partial charge in [-0.2, -0.15) is 0 Å². The molecule has 0 aliphatic carbocycles. The van der Waals surface area contributed by atoms with E-state index in [2.05, 4.69) is 15.6 Å². The normalized spacial score (nSPS) is 10.1. The predicted octanol–water partition coefficient (Wildman–Crippen LogP) is 2.52. The van der Waals surface area contributed by atoms with Gasteiger partial charge in [0.05, 0.1) is 12.8 Å². The van der Waals surface area contributed by atoms with Crippen LogP contribution in [0.5, 0.6) is 5.75 Å². The molecule has 5 heteroatoms. The molecule has 0 aliphatic heterocycles. The van der Waals surface area contributed by atoms with Crippen LogP contribution >= 0.6 is 0 Å². The molecular formula is C17H21N3O2. The van der Waals surface area contributed by atoms with Crippen LogP contribution in [-0.2, 0) is 11.3 Å². The third-order valence-corrected chi connectivity index (χ3v) is 3.23. The Morgan fingerprint density at radius 2 is 2.18 bits per heavy atom. The van der Waals surface area contributed by atoms with Crippen LogP contribution in [0.3, 0.4) is 0 Å². The quantitative estimate of drug-likeness (QED) is 0.824. The van der Waals surface area contributed by atoms with Crippen LogP contribution in [-0.4, -0.2) is 24.5 Å². The van der Waals surface area contributed by atoms with Crippen molar-refractivity contribution in [3.8, 4) is 5.75 Å². The van der Waals surface area contributed by atoms with Gasteiger partial charge in [0.15, 0.2) is 0 Å². The number of aryl methyl sites for hydroxylation is 1. The minimum Gasteiger partial charge on any atom is -0.495 e. The fourth-order valence-corrected chi connectivity index (χ4v) is 2.06. The zero-order valence-corrected chi connectivity index (χ0v) is 12.9. The standard InChI is InChI=1S/C17H21N3O2/c1-13-5-6-16(22-2)15(10-13)19-9-7-17(21)20-12-14-4-3-8-18-11-14/h3-6,8,10-11,19H,7,9,12H2,1-2H3,(H,20,21).